The van der Waals surface area contributed by atoms with Gasteiger partial charge >= 0.3 is 11.9 Å². The van der Waals surface area contributed by atoms with Crippen LogP contribution in [0.15, 0.2) is 86.2 Å². The molecule has 0 bridgehead atoms. The Morgan fingerprint density at radius 1 is 1.12 bits per heavy atom. The Morgan fingerprint density at radius 2 is 1.81 bits per heavy atom. The Labute approximate surface area is 264 Å². The molecule has 1 N–H and O–H groups in total. The van der Waals surface area contributed by atoms with Gasteiger partial charge in [0.2, 0.25) is 0 Å². The lowest BCUT2D eigenvalue weighted by Crippen LogP contribution is -2.39. The molecule has 3 aromatic carbocycles. The molecule has 1 aromatic heterocycles. The summed E-state index contributed by atoms with van der Waals surface area (Å²) in [6.45, 7) is 5.84. The summed E-state index contributed by atoms with van der Waals surface area (Å²) in [6.07, 6.45) is 1.73. The summed E-state index contributed by atoms with van der Waals surface area (Å²) in [5.41, 5.74) is 4.00. The van der Waals surface area contributed by atoms with E-state index in [9.17, 15) is 14.4 Å². The van der Waals surface area contributed by atoms with E-state index < -0.39 is 18.0 Å². The van der Waals surface area contributed by atoms with E-state index in [0.717, 1.165) is 16.7 Å². The fourth-order valence-corrected chi connectivity index (χ4v) is 6.74. The number of nitrogens with zero attached hydrogens (tertiary/aromatic N) is 2. The van der Waals surface area contributed by atoms with Gasteiger partial charge in [-0.2, -0.15) is 0 Å². The zero-order valence-electron chi connectivity index (χ0n) is 23.4. The molecule has 5 rings (SSSR count). The maximum absolute atomic E-state index is 13.9. The number of allylic oxidation sites excluding steroid dienone is 1. The number of esters is 1. The zero-order chi connectivity index (χ0) is 30.8. The molecule has 1 aliphatic rings. The lowest BCUT2D eigenvalue weighted by atomic mass is 9.95. The molecular weight excluding hydrogens is 656 g/mol. The van der Waals surface area contributed by atoms with E-state index in [1.165, 1.54) is 23.5 Å². The Kier molecular flexibility index (Phi) is 9.00. The van der Waals surface area contributed by atoms with Crippen molar-refractivity contribution in [2.75, 3.05) is 6.61 Å². The van der Waals surface area contributed by atoms with Crippen LogP contribution in [-0.2, 0) is 16.1 Å². The highest BCUT2D eigenvalue weighted by atomic mass is 79.9. The van der Waals surface area contributed by atoms with Crippen LogP contribution >= 0.6 is 38.9 Å². The number of halogens is 2. The molecule has 0 fully saturated rings. The van der Waals surface area contributed by atoms with Gasteiger partial charge in [-0.25, -0.2) is 14.6 Å². The molecule has 220 valence electrons. The second-order valence-corrected chi connectivity index (χ2v) is 12.1. The second kappa shape index (κ2) is 12.7. The van der Waals surface area contributed by atoms with Gasteiger partial charge in [0.1, 0.15) is 6.61 Å². The van der Waals surface area contributed by atoms with Crippen LogP contribution in [0, 0.1) is 6.92 Å². The van der Waals surface area contributed by atoms with Crippen LogP contribution in [0.1, 0.15) is 52.5 Å². The van der Waals surface area contributed by atoms with Gasteiger partial charge in [-0.05, 0) is 83.7 Å². The average molecular weight is 682 g/mol. The van der Waals surface area contributed by atoms with E-state index >= 15 is 0 Å². The topological polar surface area (TPSA) is 107 Å². The molecule has 11 heteroatoms. The average Bonchev–Trinajstić information content (AvgIpc) is 3.26. The van der Waals surface area contributed by atoms with Crippen molar-refractivity contribution in [3.63, 3.8) is 0 Å². The summed E-state index contributed by atoms with van der Waals surface area (Å²) in [5, 5.41) is 9.42. The second-order valence-electron chi connectivity index (χ2n) is 9.82. The first kappa shape index (κ1) is 30.5. The molecule has 2 heterocycles. The van der Waals surface area contributed by atoms with Crippen LogP contribution in [0.5, 0.6) is 5.75 Å². The van der Waals surface area contributed by atoms with Gasteiger partial charge in [0, 0.05) is 0 Å². The van der Waals surface area contributed by atoms with Crippen molar-refractivity contribution < 1.29 is 24.2 Å². The lowest BCUT2D eigenvalue weighted by Gasteiger charge is -2.24. The molecule has 1 aliphatic heterocycles. The third-order valence-corrected chi connectivity index (χ3v) is 8.67. The SMILES string of the molecule is CCOC(=O)C1=C(C)N=c2s/c(=C/c3cc(Cl)c(OCc4ccc(C(=O)O)cc4)c(Br)c3)c(=O)n2[C@@H]1c1ccc(C)cc1. The highest BCUT2D eigenvalue weighted by molar-refractivity contribution is 9.10. The standard InChI is InChI=1S/C32H26BrClN2O6S/c1-4-41-31(40)26-18(3)35-32-36(27(26)21-9-5-17(2)6-10-21)29(37)25(43-32)15-20-13-23(33)28(24(34)14-20)42-16-19-7-11-22(12-8-19)30(38)39/h5-15,27H,4,16H2,1-3H3,(H,38,39)/b25-15+/t27-/m1/s1. The highest BCUT2D eigenvalue weighted by Gasteiger charge is 2.33. The number of ether oxygens (including phenoxy) is 2. The number of rotatable bonds is 8. The van der Waals surface area contributed by atoms with E-state index in [2.05, 4.69) is 20.9 Å². The van der Waals surface area contributed by atoms with E-state index in [1.54, 1.807) is 48.8 Å². The molecule has 0 saturated heterocycles. The van der Waals surface area contributed by atoms with Gasteiger partial charge in [0.25, 0.3) is 5.56 Å². The number of hydrogen-bond acceptors (Lipinski definition) is 7. The summed E-state index contributed by atoms with van der Waals surface area (Å²) in [4.78, 5) is 43.1. The van der Waals surface area contributed by atoms with Crippen molar-refractivity contribution in [1.29, 1.82) is 0 Å². The minimum atomic E-state index is -0.999. The van der Waals surface area contributed by atoms with Gasteiger partial charge in [-0.3, -0.25) is 9.36 Å². The molecule has 8 nitrogen and oxygen atoms in total. The predicted octanol–water partition coefficient (Wildman–Crippen LogP) is 5.80. The molecule has 1 atom stereocenters. The normalized spacial score (nSPS) is 14.7. The molecule has 0 amide bonds. The van der Waals surface area contributed by atoms with Crippen LogP contribution in [0.4, 0.5) is 0 Å². The van der Waals surface area contributed by atoms with Crippen molar-refractivity contribution in [1.82, 2.24) is 4.57 Å². The van der Waals surface area contributed by atoms with E-state index in [1.807, 2.05) is 31.2 Å². The monoisotopic (exact) mass is 680 g/mol. The Balaban J connectivity index is 1.51. The van der Waals surface area contributed by atoms with Crippen molar-refractivity contribution in [3.8, 4) is 5.75 Å². The summed E-state index contributed by atoms with van der Waals surface area (Å²) >= 11 is 11.3. The van der Waals surface area contributed by atoms with Crippen molar-refractivity contribution in [2.45, 2.75) is 33.4 Å². The molecule has 0 spiro atoms. The maximum Gasteiger partial charge on any atom is 0.338 e. The van der Waals surface area contributed by atoms with E-state index in [0.29, 0.717) is 41.4 Å². The number of fused-ring (bicyclic) bond motifs is 1. The number of thiazole rings is 1. The molecule has 43 heavy (non-hydrogen) atoms. The zero-order valence-corrected chi connectivity index (χ0v) is 26.5. The van der Waals surface area contributed by atoms with Crippen LogP contribution < -0.4 is 19.6 Å². The number of carbonyl (C=O) groups excluding carboxylic acids is 1. The molecular formula is C32H26BrClN2O6S. The number of benzene rings is 3. The number of hydrogen-bond donors (Lipinski definition) is 1. The molecule has 0 aliphatic carbocycles. The third kappa shape index (κ3) is 6.36. The van der Waals surface area contributed by atoms with Crippen LogP contribution in [0.2, 0.25) is 5.02 Å². The number of aryl methyl sites for hydroxylation is 1. The van der Waals surface area contributed by atoms with Crippen LogP contribution in [0.25, 0.3) is 6.08 Å². The third-order valence-electron chi connectivity index (χ3n) is 6.81. The number of carbonyl (C=O) groups is 2. The molecule has 0 unspecified atom stereocenters. The largest absolute Gasteiger partial charge is 0.486 e. The van der Waals surface area contributed by atoms with Crippen LogP contribution in [0.3, 0.4) is 0 Å². The Bertz CT molecular complexity index is 1920. The maximum atomic E-state index is 13.9. The van der Waals surface area contributed by atoms with Gasteiger partial charge < -0.3 is 14.6 Å². The Morgan fingerprint density at radius 3 is 2.44 bits per heavy atom. The van der Waals surface area contributed by atoms with Crippen LogP contribution in [-0.4, -0.2) is 28.2 Å². The smallest absolute Gasteiger partial charge is 0.338 e. The summed E-state index contributed by atoms with van der Waals surface area (Å²) in [7, 11) is 0. The molecule has 0 saturated carbocycles. The minimum Gasteiger partial charge on any atom is -0.486 e. The lowest BCUT2D eigenvalue weighted by molar-refractivity contribution is -0.139. The summed E-state index contributed by atoms with van der Waals surface area (Å²) in [6, 6.07) is 16.9. The summed E-state index contributed by atoms with van der Waals surface area (Å²) < 4.78 is 13.8. The van der Waals surface area contributed by atoms with Gasteiger partial charge in [0.05, 0.1) is 43.5 Å². The molecule has 0 radical (unpaired) electrons. The van der Waals surface area contributed by atoms with Crippen molar-refractivity contribution >= 4 is 56.9 Å². The van der Waals surface area contributed by atoms with Crippen molar-refractivity contribution in [3.05, 3.63) is 129 Å². The highest BCUT2D eigenvalue weighted by Crippen LogP contribution is 2.35. The number of carboxylic acids is 1. The molecule has 4 aromatic rings. The first-order chi connectivity index (χ1) is 20.6. The quantitative estimate of drug-likeness (QED) is 0.236. The first-order valence-corrected chi connectivity index (χ1v) is 15.3. The Hall–Kier alpha value is -3.99. The van der Waals surface area contributed by atoms with Gasteiger partial charge in [0.15, 0.2) is 10.6 Å². The minimum absolute atomic E-state index is 0.178. The number of aromatic carboxylic acids is 1. The summed E-state index contributed by atoms with van der Waals surface area (Å²) in [5.74, 6) is -1.09. The number of carboxylic acid groups (broad SMARTS) is 1. The fourth-order valence-electron chi connectivity index (χ4n) is 4.71. The fraction of sp³-hybridized carbons (Fsp3) is 0.188. The predicted molar refractivity (Wildman–Crippen MR) is 168 cm³/mol. The van der Waals surface area contributed by atoms with Crippen molar-refractivity contribution in [2.24, 2.45) is 4.99 Å². The number of aromatic nitrogens is 1. The first-order valence-electron chi connectivity index (χ1n) is 13.3. The van der Waals surface area contributed by atoms with E-state index in [4.69, 9.17) is 26.2 Å². The van der Waals surface area contributed by atoms with E-state index in [-0.39, 0.29) is 24.3 Å². The van der Waals surface area contributed by atoms with Gasteiger partial charge in [-0.15, -0.1) is 0 Å². The van der Waals surface area contributed by atoms with Gasteiger partial charge in [-0.1, -0.05) is 64.9 Å².